The molecule has 0 heterocycles. The van der Waals surface area contributed by atoms with Crippen LogP contribution in [0.5, 0.6) is 0 Å². The van der Waals surface area contributed by atoms with Crippen LogP contribution in [0.2, 0.25) is 0 Å². The van der Waals surface area contributed by atoms with Crippen LogP contribution in [0.15, 0.2) is 0 Å². The standard InChI is InChI=1S/C59H114O17P2/c1-6-10-13-16-19-22-23-29-33-38-43-57(62)70-49-55(76-59(64)45-40-35-30-25-24-26-31-36-41-52(5)9-4)51-74-78(67,68)72-47-53(60)46-71-77(65,66)73-50-54(75-58(63)44-39-34-28-21-18-15-12-8-3)48-69-56(61)42-37-32-27-20-17-14-11-7-2/h52-55,60H,6-51H2,1-5H3,(H,65,66)(H,67,68)/t52?,53-,54+,55+/m0/s1. The van der Waals surface area contributed by atoms with Gasteiger partial charge in [0.05, 0.1) is 26.4 Å². The van der Waals surface area contributed by atoms with Crippen LogP contribution in [-0.2, 0) is 65.4 Å². The van der Waals surface area contributed by atoms with E-state index in [9.17, 15) is 43.2 Å². The van der Waals surface area contributed by atoms with Gasteiger partial charge in [-0.05, 0) is 31.6 Å². The van der Waals surface area contributed by atoms with E-state index >= 15 is 0 Å². The Morgan fingerprint density at radius 3 is 0.910 bits per heavy atom. The molecular formula is C59H114O17P2. The highest BCUT2D eigenvalue weighted by atomic mass is 31.2. The number of carbonyl (C=O) groups is 4. The van der Waals surface area contributed by atoms with Crippen molar-refractivity contribution >= 4 is 39.5 Å². The largest absolute Gasteiger partial charge is 0.472 e. The van der Waals surface area contributed by atoms with Crippen molar-refractivity contribution in [2.24, 2.45) is 5.92 Å². The van der Waals surface area contributed by atoms with E-state index in [2.05, 4.69) is 34.6 Å². The second kappa shape index (κ2) is 53.1. The lowest BCUT2D eigenvalue weighted by atomic mass is 9.99. The first-order valence-corrected chi connectivity index (χ1v) is 34.2. The number of carbonyl (C=O) groups excluding carboxylic acids is 4. The lowest BCUT2D eigenvalue weighted by Crippen LogP contribution is -2.30. The van der Waals surface area contributed by atoms with Gasteiger partial charge in [0.2, 0.25) is 0 Å². The SMILES string of the molecule is CCCCCCCCCCCCC(=O)OC[C@H](COP(=O)(O)OC[C@@H](O)COP(=O)(O)OC[C@@H](COC(=O)CCCCCCCCCC)OC(=O)CCCCCCCCCC)OC(=O)CCCCCCCCCCC(C)CC. The van der Waals surface area contributed by atoms with Crippen LogP contribution in [0.25, 0.3) is 0 Å². The van der Waals surface area contributed by atoms with Crippen molar-refractivity contribution in [1.29, 1.82) is 0 Å². The first kappa shape index (κ1) is 76.1. The molecular weight excluding hydrogens is 1040 g/mol. The number of hydrogen-bond acceptors (Lipinski definition) is 15. The summed E-state index contributed by atoms with van der Waals surface area (Å²) in [5.74, 6) is -1.38. The molecule has 0 saturated carbocycles. The molecule has 78 heavy (non-hydrogen) atoms. The van der Waals surface area contributed by atoms with Gasteiger partial charge in [-0.3, -0.25) is 37.3 Å². The van der Waals surface area contributed by atoms with E-state index in [1.54, 1.807) is 0 Å². The number of hydrogen-bond donors (Lipinski definition) is 3. The number of rotatable bonds is 59. The summed E-state index contributed by atoms with van der Waals surface area (Å²) in [5.41, 5.74) is 0. The van der Waals surface area contributed by atoms with Gasteiger partial charge in [0, 0.05) is 25.7 Å². The molecule has 0 aliphatic rings. The van der Waals surface area contributed by atoms with Crippen molar-refractivity contribution in [3.8, 4) is 0 Å². The van der Waals surface area contributed by atoms with Gasteiger partial charge in [0.15, 0.2) is 12.2 Å². The monoisotopic (exact) mass is 1160 g/mol. The van der Waals surface area contributed by atoms with E-state index < -0.39 is 97.5 Å². The molecule has 0 bridgehead atoms. The third-order valence-electron chi connectivity index (χ3n) is 13.9. The number of unbranched alkanes of at least 4 members (excludes halogenated alkanes) is 30. The van der Waals surface area contributed by atoms with Gasteiger partial charge in [0.25, 0.3) is 0 Å². The maximum absolute atomic E-state index is 12.9. The first-order chi connectivity index (χ1) is 37.6. The van der Waals surface area contributed by atoms with Crippen molar-refractivity contribution in [1.82, 2.24) is 0 Å². The first-order valence-electron chi connectivity index (χ1n) is 31.2. The highest BCUT2D eigenvalue weighted by Gasteiger charge is 2.30. The number of ether oxygens (including phenoxy) is 4. The highest BCUT2D eigenvalue weighted by Crippen LogP contribution is 2.45. The Balaban J connectivity index is 5.22. The van der Waals surface area contributed by atoms with E-state index in [1.165, 1.54) is 103 Å². The molecule has 3 N–H and O–H groups in total. The van der Waals surface area contributed by atoms with Gasteiger partial charge in [-0.2, -0.15) is 0 Å². The number of esters is 4. The molecule has 6 atom stereocenters. The quantitative estimate of drug-likeness (QED) is 0.0222. The molecule has 0 aromatic carbocycles. The highest BCUT2D eigenvalue weighted by molar-refractivity contribution is 7.47. The van der Waals surface area contributed by atoms with Crippen molar-refractivity contribution in [3.05, 3.63) is 0 Å². The van der Waals surface area contributed by atoms with Crippen LogP contribution in [0.1, 0.15) is 291 Å². The van der Waals surface area contributed by atoms with Crippen LogP contribution in [0.4, 0.5) is 0 Å². The molecule has 0 spiro atoms. The summed E-state index contributed by atoms with van der Waals surface area (Å²) in [7, 11) is -9.87. The van der Waals surface area contributed by atoms with Gasteiger partial charge in [-0.25, -0.2) is 9.13 Å². The topological polar surface area (TPSA) is 237 Å². The molecule has 19 heteroatoms. The molecule has 0 radical (unpaired) electrons. The fourth-order valence-corrected chi connectivity index (χ4v) is 10.2. The zero-order valence-corrected chi connectivity index (χ0v) is 51.6. The maximum Gasteiger partial charge on any atom is 0.472 e. The molecule has 0 aliphatic carbocycles. The molecule has 0 saturated heterocycles. The van der Waals surface area contributed by atoms with Crippen molar-refractivity contribution in [2.45, 2.75) is 310 Å². The summed E-state index contributed by atoms with van der Waals surface area (Å²) in [6.07, 6.45) is 34.8. The minimum absolute atomic E-state index is 0.105. The van der Waals surface area contributed by atoms with Gasteiger partial charge in [-0.15, -0.1) is 0 Å². The normalized spacial score (nSPS) is 14.7. The van der Waals surface area contributed by atoms with Gasteiger partial charge < -0.3 is 33.8 Å². The van der Waals surface area contributed by atoms with Crippen LogP contribution in [0, 0.1) is 5.92 Å². The zero-order chi connectivity index (χ0) is 57.8. The van der Waals surface area contributed by atoms with E-state index in [4.69, 9.17) is 37.0 Å². The van der Waals surface area contributed by atoms with Gasteiger partial charge in [0.1, 0.15) is 19.3 Å². The van der Waals surface area contributed by atoms with E-state index in [-0.39, 0.29) is 25.7 Å². The minimum atomic E-state index is -4.94. The van der Waals surface area contributed by atoms with E-state index in [0.717, 1.165) is 109 Å². The van der Waals surface area contributed by atoms with Gasteiger partial charge >= 0.3 is 39.5 Å². The average molecular weight is 1160 g/mol. The Labute approximate surface area is 473 Å². The number of aliphatic hydroxyl groups excluding tert-OH is 1. The predicted molar refractivity (Wildman–Crippen MR) is 308 cm³/mol. The summed E-state index contributed by atoms with van der Waals surface area (Å²) in [6, 6.07) is 0. The summed E-state index contributed by atoms with van der Waals surface area (Å²) >= 11 is 0. The van der Waals surface area contributed by atoms with Crippen LogP contribution < -0.4 is 0 Å². The third kappa shape index (κ3) is 52.2. The lowest BCUT2D eigenvalue weighted by Gasteiger charge is -2.21. The van der Waals surface area contributed by atoms with E-state index in [0.29, 0.717) is 25.7 Å². The Morgan fingerprint density at radius 2 is 0.615 bits per heavy atom. The van der Waals surface area contributed by atoms with Crippen molar-refractivity contribution in [3.63, 3.8) is 0 Å². The van der Waals surface area contributed by atoms with Gasteiger partial charge in [-0.1, -0.05) is 240 Å². The lowest BCUT2D eigenvalue weighted by molar-refractivity contribution is -0.161. The smallest absolute Gasteiger partial charge is 0.462 e. The predicted octanol–water partition coefficient (Wildman–Crippen LogP) is 15.8. The molecule has 0 aliphatic heterocycles. The molecule has 0 amide bonds. The molecule has 0 aromatic heterocycles. The second-order valence-corrected chi connectivity index (χ2v) is 24.5. The number of phosphoric acid groups is 2. The molecule has 462 valence electrons. The fraction of sp³-hybridized carbons (Fsp3) is 0.932. The Kier molecular flexibility index (Phi) is 51.8. The van der Waals surface area contributed by atoms with Crippen LogP contribution >= 0.6 is 15.6 Å². The number of aliphatic hydroxyl groups is 1. The van der Waals surface area contributed by atoms with E-state index in [1.807, 2.05) is 0 Å². The van der Waals surface area contributed by atoms with Crippen molar-refractivity contribution in [2.75, 3.05) is 39.6 Å². The Hall–Kier alpha value is -1.94. The van der Waals surface area contributed by atoms with Crippen molar-refractivity contribution < 1.29 is 80.2 Å². The summed E-state index contributed by atoms with van der Waals surface area (Å²) in [6.45, 7) is 7.09. The molecule has 0 aromatic rings. The average Bonchev–Trinajstić information content (AvgIpc) is 3.41. The zero-order valence-electron chi connectivity index (χ0n) is 49.8. The van der Waals surface area contributed by atoms with Crippen LogP contribution in [0.3, 0.4) is 0 Å². The van der Waals surface area contributed by atoms with Crippen LogP contribution in [-0.4, -0.2) is 96.7 Å². The summed E-state index contributed by atoms with van der Waals surface area (Å²) in [5, 5.41) is 10.5. The summed E-state index contributed by atoms with van der Waals surface area (Å²) < 4.78 is 67.7. The third-order valence-corrected chi connectivity index (χ3v) is 15.8. The molecule has 0 fully saturated rings. The Bertz CT molecular complexity index is 1540. The maximum atomic E-state index is 12.9. The molecule has 17 nitrogen and oxygen atoms in total. The summed E-state index contributed by atoms with van der Waals surface area (Å²) in [4.78, 5) is 71.8. The molecule has 0 rings (SSSR count). The number of phosphoric ester groups is 2. The minimum Gasteiger partial charge on any atom is -0.462 e. The fourth-order valence-electron chi connectivity index (χ4n) is 8.67. The second-order valence-electron chi connectivity index (χ2n) is 21.6. The molecule has 3 unspecified atom stereocenters. The Morgan fingerprint density at radius 1 is 0.359 bits per heavy atom.